The van der Waals surface area contributed by atoms with Gasteiger partial charge < -0.3 is 20.1 Å². The summed E-state index contributed by atoms with van der Waals surface area (Å²) in [6.07, 6.45) is 2.43. The van der Waals surface area contributed by atoms with Gasteiger partial charge in [0.1, 0.15) is 5.82 Å². The lowest BCUT2D eigenvalue weighted by atomic mass is 10.1. The van der Waals surface area contributed by atoms with E-state index >= 15 is 0 Å². The van der Waals surface area contributed by atoms with Crippen molar-refractivity contribution in [2.24, 2.45) is 0 Å². The molecule has 1 aliphatic rings. The second-order valence-electron chi connectivity index (χ2n) is 5.59. The summed E-state index contributed by atoms with van der Waals surface area (Å²) in [4.78, 5) is 13.2. The van der Waals surface area contributed by atoms with Crippen LogP contribution in [0.3, 0.4) is 0 Å². The molecule has 1 unspecified atom stereocenters. The highest BCUT2D eigenvalue weighted by molar-refractivity contribution is 5.53. The molecule has 3 rings (SSSR count). The van der Waals surface area contributed by atoms with Crippen LogP contribution in [0.1, 0.15) is 5.82 Å². The molecule has 0 radical (unpaired) electrons. The summed E-state index contributed by atoms with van der Waals surface area (Å²) in [6, 6.07) is 3.97. The van der Waals surface area contributed by atoms with Gasteiger partial charge in [-0.05, 0) is 26.2 Å². The van der Waals surface area contributed by atoms with Crippen LogP contribution < -0.4 is 5.73 Å². The third kappa shape index (κ3) is 3.20. The first-order valence-electron chi connectivity index (χ1n) is 7.05. The monoisotopic (exact) mass is 288 g/mol. The van der Waals surface area contributed by atoms with E-state index in [9.17, 15) is 0 Å². The normalized spacial score (nSPS) is 20.8. The number of anilines is 1. The molecule has 2 aromatic heterocycles. The minimum atomic E-state index is 0.416. The van der Waals surface area contributed by atoms with Crippen molar-refractivity contribution in [3.8, 4) is 11.5 Å². The maximum Gasteiger partial charge on any atom is 0.259 e. The van der Waals surface area contributed by atoms with Crippen molar-refractivity contribution < 1.29 is 4.52 Å². The molecule has 7 nitrogen and oxygen atoms in total. The summed E-state index contributed by atoms with van der Waals surface area (Å²) in [5.74, 6) is 1.70. The molecule has 0 spiro atoms. The van der Waals surface area contributed by atoms with Crippen LogP contribution in [-0.4, -0.2) is 64.7 Å². The first-order chi connectivity index (χ1) is 10.1. The highest BCUT2D eigenvalue weighted by Gasteiger charge is 2.24. The van der Waals surface area contributed by atoms with Gasteiger partial charge in [-0.25, -0.2) is 4.98 Å². The lowest BCUT2D eigenvalue weighted by molar-refractivity contribution is 0.113. The number of hydrogen-bond acceptors (Lipinski definition) is 7. The molecule has 7 heteroatoms. The van der Waals surface area contributed by atoms with Gasteiger partial charge in [-0.3, -0.25) is 0 Å². The molecular weight excluding hydrogens is 268 g/mol. The smallest absolute Gasteiger partial charge is 0.259 e. The Bertz CT molecular complexity index is 596. The van der Waals surface area contributed by atoms with Gasteiger partial charge in [0.2, 0.25) is 0 Å². The van der Waals surface area contributed by atoms with Gasteiger partial charge in [-0.15, -0.1) is 0 Å². The Morgan fingerprint density at radius 3 is 2.95 bits per heavy atom. The average molecular weight is 288 g/mol. The van der Waals surface area contributed by atoms with Crippen molar-refractivity contribution in [2.45, 2.75) is 12.5 Å². The third-order valence-corrected chi connectivity index (χ3v) is 3.90. The number of hydrogen-bond donors (Lipinski definition) is 1. The van der Waals surface area contributed by atoms with Gasteiger partial charge in [0, 0.05) is 38.3 Å². The molecule has 3 heterocycles. The summed E-state index contributed by atoms with van der Waals surface area (Å²) >= 11 is 0. The zero-order valence-electron chi connectivity index (χ0n) is 12.4. The van der Waals surface area contributed by atoms with E-state index in [-0.39, 0.29) is 0 Å². The SMILES string of the molecule is CN1CCN(C)C(Cc2noc(-c3ccc(N)nc3)n2)C1. The van der Waals surface area contributed by atoms with Crippen LogP contribution >= 0.6 is 0 Å². The Hall–Kier alpha value is -1.99. The molecule has 1 saturated heterocycles. The largest absolute Gasteiger partial charge is 0.384 e. The third-order valence-electron chi connectivity index (χ3n) is 3.90. The van der Waals surface area contributed by atoms with E-state index < -0.39 is 0 Å². The van der Waals surface area contributed by atoms with Crippen molar-refractivity contribution in [1.29, 1.82) is 0 Å². The number of pyridine rings is 1. The predicted octanol–water partition coefficient (Wildman–Crippen LogP) is 0.502. The Kier molecular flexibility index (Phi) is 3.85. The highest BCUT2D eigenvalue weighted by atomic mass is 16.5. The van der Waals surface area contributed by atoms with Gasteiger partial charge in [-0.2, -0.15) is 4.98 Å². The fourth-order valence-corrected chi connectivity index (χ4v) is 2.52. The van der Waals surface area contributed by atoms with Crippen molar-refractivity contribution in [2.75, 3.05) is 39.5 Å². The lowest BCUT2D eigenvalue weighted by Gasteiger charge is -2.37. The predicted molar refractivity (Wildman–Crippen MR) is 79.6 cm³/mol. The molecule has 21 heavy (non-hydrogen) atoms. The second-order valence-corrected chi connectivity index (χ2v) is 5.59. The van der Waals surface area contributed by atoms with Crippen LogP contribution in [0.5, 0.6) is 0 Å². The summed E-state index contributed by atoms with van der Waals surface area (Å²) in [6.45, 7) is 3.18. The molecule has 2 N–H and O–H groups in total. The van der Waals surface area contributed by atoms with E-state index in [1.165, 1.54) is 0 Å². The van der Waals surface area contributed by atoms with Crippen LogP contribution in [-0.2, 0) is 6.42 Å². The molecule has 0 bridgehead atoms. The van der Waals surface area contributed by atoms with E-state index in [0.717, 1.165) is 37.4 Å². The van der Waals surface area contributed by atoms with E-state index in [4.69, 9.17) is 10.3 Å². The number of aromatic nitrogens is 3. The maximum absolute atomic E-state index is 5.57. The maximum atomic E-state index is 5.57. The van der Waals surface area contributed by atoms with E-state index in [1.54, 1.807) is 12.3 Å². The molecule has 1 atom stereocenters. The summed E-state index contributed by atoms with van der Waals surface area (Å²) in [5.41, 5.74) is 6.36. The fraction of sp³-hybridized carbons (Fsp3) is 0.500. The Morgan fingerprint density at radius 2 is 2.19 bits per heavy atom. The van der Waals surface area contributed by atoms with Crippen LogP contribution in [0.25, 0.3) is 11.5 Å². The van der Waals surface area contributed by atoms with Crippen LogP contribution in [0.2, 0.25) is 0 Å². The molecule has 0 aliphatic carbocycles. The first kappa shape index (κ1) is 14.0. The Balaban J connectivity index is 1.71. The zero-order chi connectivity index (χ0) is 14.8. The van der Waals surface area contributed by atoms with Gasteiger partial charge in [0.15, 0.2) is 5.82 Å². The van der Waals surface area contributed by atoms with Crippen LogP contribution in [0, 0.1) is 0 Å². The Morgan fingerprint density at radius 1 is 1.33 bits per heavy atom. The van der Waals surface area contributed by atoms with Crippen molar-refractivity contribution in [3.05, 3.63) is 24.2 Å². The quantitative estimate of drug-likeness (QED) is 0.880. The zero-order valence-corrected chi connectivity index (χ0v) is 12.4. The minimum absolute atomic E-state index is 0.416. The molecule has 1 fully saturated rings. The number of nitrogens with two attached hydrogens (primary N) is 1. The highest BCUT2D eigenvalue weighted by Crippen LogP contribution is 2.18. The fourth-order valence-electron chi connectivity index (χ4n) is 2.52. The van der Waals surface area contributed by atoms with E-state index in [0.29, 0.717) is 17.8 Å². The average Bonchev–Trinajstić information content (AvgIpc) is 2.92. The van der Waals surface area contributed by atoms with Gasteiger partial charge in [0.25, 0.3) is 5.89 Å². The lowest BCUT2D eigenvalue weighted by Crippen LogP contribution is -2.50. The molecule has 2 aromatic rings. The summed E-state index contributed by atoms with van der Waals surface area (Å²) in [5, 5.41) is 4.08. The number of rotatable bonds is 3. The van der Waals surface area contributed by atoms with Crippen LogP contribution in [0.15, 0.2) is 22.9 Å². The van der Waals surface area contributed by atoms with Crippen LogP contribution in [0.4, 0.5) is 5.82 Å². The topological polar surface area (TPSA) is 84.3 Å². The van der Waals surface area contributed by atoms with Gasteiger partial charge in [0.05, 0.1) is 5.56 Å². The van der Waals surface area contributed by atoms with Gasteiger partial charge >= 0.3 is 0 Å². The van der Waals surface area contributed by atoms with Crippen molar-refractivity contribution in [1.82, 2.24) is 24.9 Å². The number of likely N-dealkylation sites (N-methyl/N-ethyl adjacent to an activating group) is 2. The summed E-state index contributed by atoms with van der Waals surface area (Å²) < 4.78 is 5.32. The first-order valence-corrected chi connectivity index (χ1v) is 7.05. The standard InChI is InChI=1S/C14H20N6O/c1-19-5-6-20(2)11(9-19)7-13-17-14(21-18-13)10-3-4-12(15)16-8-10/h3-4,8,11H,5-7,9H2,1-2H3,(H2,15,16). The molecular formula is C14H20N6O. The van der Waals surface area contributed by atoms with Crippen molar-refractivity contribution in [3.63, 3.8) is 0 Å². The van der Waals surface area contributed by atoms with Crippen molar-refractivity contribution >= 4 is 5.82 Å². The molecule has 0 aromatic carbocycles. The number of piperazine rings is 1. The van der Waals surface area contributed by atoms with E-state index in [2.05, 4.69) is 39.0 Å². The minimum Gasteiger partial charge on any atom is -0.384 e. The second kappa shape index (κ2) is 5.79. The number of nitrogen functional groups attached to an aromatic ring is 1. The molecule has 0 amide bonds. The number of nitrogens with zero attached hydrogens (tertiary/aromatic N) is 5. The molecule has 0 saturated carbocycles. The molecule has 1 aliphatic heterocycles. The van der Waals surface area contributed by atoms with Gasteiger partial charge in [-0.1, -0.05) is 5.16 Å². The molecule has 112 valence electrons. The van der Waals surface area contributed by atoms with E-state index in [1.807, 2.05) is 6.07 Å². The Labute approximate surface area is 123 Å². The summed E-state index contributed by atoms with van der Waals surface area (Å²) in [7, 11) is 4.28.